The van der Waals surface area contributed by atoms with Gasteiger partial charge in [0.1, 0.15) is 0 Å². The van der Waals surface area contributed by atoms with Crippen LogP contribution in [0.1, 0.15) is 13.3 Å². The van der Waals surface area contributed by atoms with Gasteiger partial charge in [0.2, 0.25) is 0 Å². The van der Waals surface area contributed by atoms with Crippen molar-refractivity contribution in [2.75, 3.05) is 40.8 Å². The van der Waals surface area contributed by atoms with E-state index < -0.39 is 0 Å². The maximum Gasteiger partial charge on any atom is 0.0204 e. The van der Waals surface area contributed by atoms with Gasteiger partial charge in [-0.2, -0.15) is 0 Å². The van der Waals surface area contributed by atoms with Gasteiger partial charge in [-0.25, -0.2) is 0 Å². The summed E-state index contributed by atoms with van der Waals surface area (Å²) >= 11 is 0. The fraction of sp³-hybridized carbons (Fsp3) is 1.00. The van der Waals surface area contributed by atoms with Crippen molar-refractivity contribution in [2.24, 2.45) is 0 Å². The molecule has 0 aromatic carbocycles. The smallest absolute Gasteiger partial charge is 0.0204 e. The van der Waals surface area contributed by atoms with Gasteiger partial charge in [-0.15, -0.1) is 0 Å². The molecule has 0 spiro atoms. The van der Waals surface area contributed by atoms with Crippen molar-refractivity contribution in [3.8, 4) is 0 Å². The van der Waals surface area contributed by atoms with Gasteiger partial charge >= 0.3 is 0 Å². The summed E-state index contributed by atoms with van der Waals surface area (Å²) in [6.45, 7) is 5.95. The Kier molecular flexibility index (Phi) is 4.16. The Morgan fingerprint density at radius 1 is 1.54 bits per heavy atom. The van der Waals surface area contributed by atoms with E-state index in [2.05, 4.69) is 43.2 Å². The van der Waals surface area contributed by atoms with Crippen molar-refractivity contribution >= 4 is 0 Å². The Balaban J connectivity index is 2.23. The topological polar surface area (TPSA) is 18.5 Å². The lowest BCUT2D eigenvalue weighted by atomic mass is 10.3. The Morgan fingerprint density at radius 2 is 2.23 bits per heavy atom. The van der Waals surface area contributed by atoms with Gasteiger partial charge in [0, 0.05) is 25.2 Å². The third-order valence-electron chi connectivity index (χ3n) is 3.08. The molecule has 1 saturated heterocycles. The molecule has 0 saturated carbocycles. The molecule has 0 bridgehead atoms. The molecule has 78 valence electrons. The van der Waals surface area contributed by atoms with Crippen LogP contribution in [0.15, 0.2) is 0 Å². The zero-order chi connectivity index (χ0) is 9.84. The highest BCUT2D eigenvalue weighted by atomic mass is 15.2. The molecule has 0 radical (unpaired) electrons. The van der Waals surface area contributed by atoms with Crippen LogP contribution in [0.5, 0.6) is 0 Å². The summed E-state index contributed by atoms with van der Waals surface area (Å²) in [4.78, 5) is 4.83. The molecule has 0 aromatic rings. The molecular formula is C10H23N3. The average Bonchev–Trinajstić information content (AvgIpc) is 2.52. The van der Waals surface area contributed by atoms with Crippen molar-refractivity contribution in [1.82, 2.24) is 15.1 Å². The van der Waals surface area contributed by atoms with Crippen LogP contribution in [0.2, 0.25) is 0 Å². The third-order valence-corrected chi connectivity index (χ3v) is 3.08. The molecule has 2 unspecified atom stereocenters. The van der Waals surface area contributed by atoms with E-state index >= 15 is 0 Å². The maximum atomic E-state index is 3.34. The first kappa shape index (κ1) is 11.0. The van der Waals surface area contributed by atoms with Crippen molar-refractivity contribution in [1.29, 1.82) is 0 Å². The van der Waals surface area contributed by atoms with E-state index in [9.17, 15) is 0 Å². The summed E-state index contributed by atoms with van der Waals surface area (Å²) in [6.07, 6.45) is 1.30. The van der Waals surface area contributed by atoms with E-state index in [-0.39, 0.29) is 0 Å². The monoisotopic (exact) mass is 185 g/mol. The molecule has 1 N–H and O–H groups in total. The van der Waals surface area contributed by atoms with Crippen molar-refractivity contribution in [3.63, 3.8) is 0 Å². The summed E-state index contributed by atoms with van der Waals surface area (Å²) in [5.41, 5.74) is 0. The zero-order valence-corrected chi connectivity index (χ0v) is 9.38. The second kappa shape index (κ2) is 4.94. The predicted octanol–water partition coefficient (Wildman–Crippen LogP) is 0.230. The van der Waals surface area contributed by atoms with Crippen LogP contribution in [0, 0.1) is 0 Å². The standard InChI is InChI=1S/C10H23N3/c1-9(12(3)4)7-13-6-5-10(8-13)11-2/h9-11H,5-8H2,1-4H3. The molecule has 0 amide bonds. The number of rotatable bonds is 4. The zero-order valence-electron chi connectivity index (χ0n) is 9.38. The van der Waals surface area contributed by atoms with Gasteiger partial charge in [0.25, 0.3) is 0 Å². The lowest BCUT2D eigenvalue weighted by molar-refractivity contribution is 0.218. The number of nitrogens with one attached hydrogen (secondary N) is 1. The summed E-state index contributed by atoms with van der Waals surface area (Å²) in [7, 11) is 6.36. The minimum atomic E-state index is 0.663. The highest BCUT2D eigenvalue weighted by molar-refractivity contribution is 4.81. The van der Waals surface area contributed by atoms with Gasteiger partial charge < -0.3 is 15.1 Å². The number of likely N-dealkylation sites (tertiary alicyclic amines) is 1. The normalized spacial score (nSPS) is 27.0. The first-order valence-corrected chi connectivity index (χ1v) is 5.19. The fourth-order valence-electron chi connectivity index (χ4n) is 1.77. The van der Waals surface area contributed by atoms with E-state index in [0.717, 1.165) is 6.04 Å². The lowest BCUT2D eigenvalue weighted by Crippen LogP contribution is -2.38. The van der Waals surface area contributed by atoms with Crippen LogP contribution in [0.4, 0.5) is 0 Å². The fourth-order valence-corrected chi connectivity index (χ4v) is 1.77. The molecule has 1 rings (SSSR count). The van der Waals surface area contributed by atoms with Crippen LogP contribution < -0.4 is 5.32 Å². The summed E-state index contributed by atoms with van der Waals surface area (Å²) in [6, 6.07) is 1.38. The number of nitrogens with zero attached hydrogens (tertiary/aromatic N) is 2. The van der Waals surface area contributed by atoms with E-state index in [1.54, 1.807) is 0 Å². The number of hydrogen-bond donors (Lipinski definition) is 1. The van der Waals surface area contributed by atoms with Gasteiger partial charge in [-0.3, -0.25) is 0 Å². The Bertz CT molecular complexity index is 147. The third kappa shape index (κ3) is 3.25. The number of likely N-dealkylation sites (N-methyl/N-ethyl adjacent to an activating group) is 2. The molecule has 1 aliphatic rings. The van der Waals surface area contributed by atoms with E-state index in [1.165, 1.54) is 26.1 Å². The second-order valence-electron chi connectivity index (χ2n) is 4.35. The summed E-state index contributed by atoms with van der Waals surface area (Å²) in [5, 5.41) is 3.34. The Morgan fingerprint density at radius 3 is 2.69 bits per heavy atom. The van der Waals surface area contributed by atoms with Gasteiger partial charge in [-0.05, 0) is 41.0 Å². The van der Waals surface area contributed by atoms with Crippen LogP contribution in [-0.2, 0) is 0 Å². The van der Waals surface area contributed by atoms with Gasteiger partial charge in [-0.1, -0.05) is 0 Å². The SMILES string of the molecule is CNC1CCN(CC(C)N(C)C)C1. The quantitative estimate of drug-likeness (QED) is 0.676. The molecule has 13 heavy (non-hydrogen) atoms. The van der Waals surface area contributed by atoms with Gasteiger partial charge in [0.15, 0.2) is 0 Å². The van der Waals surface area contributed by atoms with Crippen molar-refractivity contribution in [3.05, 3.63) is 0 Å². The van der Waals surface area contributed by atoms with Crippen LogP contribution >= 0.6 is 0 Å². The second-order valence-corrected chi connectivity index (χ2v) is 4.35. The molecule has 3 heteroatoms. The molecule has 0 aliphatic carbocycles. The lowest BCUT2D eigenvalue weighted by Gasteiger charge is -2.25. The largest absolute Gasteiger partial charge is 0.316 e. The minimum Gasteiger partial charge on any atom is -0.316 e. The van der Waals surface area contributed by atoms with Crippen LogP contribution in [-0.4, -0.2) is 62.7 Å². The van der Waals surface area contributed by atoms with Crippen molar-refractivity contribution < 1.29 is 0 Å². The van der Waals surface area contributed by atoms with E-state index in [1.807, 2.05) is 0 Å². The molecular weight excluding hydrogens is 162 g/mol. The first-order chi connectivity index (χ1) is 6.13. The Hall–Kier alpha value is -0.120. The number of hydrogen-bond acceptors (Lipinski definition) is 3. The van der Waals surface area contributed by atoms with Crippen LogP contribution in [0.25, 0.3) is 0 Å². The molecule has 2 atom stereocenters. The first-order valence-electron chi connectivity index (χ1n) is 5.19. The van der Waals surface area contributed by atoms with Gasteiger partial charge in [0.05, 0.1) is 0 Å². The molecule has 1 fully saturated rings. The van der Waals surface area contributed by atoms with Crippen molar-refractivity contribution in [2.45, 2.75) is 25.4 Å². The van der Waals surface area contributed by atoms with E-state index in [0.29, 0.717) is 6.04 Å². The Labute approximate surface area is 82.1 Å². The molecule has 1 heterocycles. The van der Waals surface area contributed by atoms with E-state index in [4.69, 9.17) is 0 Å². The maximum absolute atomic E-state index is 3.34. The summed E-state index contributed by atoms with van der Waals surface area (Å²) < 4.78 is 0. The highest BCUT2D eigenvalue weighted by Gasteiger charge is 2.22. The molecule has 3 nitrogen and oxygen atoms in total. The predicted molar refractivity (Wildman–Crippen MR) is 57.1 cm³/mol. The molecule has 0 aromatic heterocycles. The average molecular weight is 185 g/mol. The highest BCUT2D eigenvalue weighted by Crippen LogP contribution is 2.09. The minimum absolute atomic E-state index is 0.663. The molecule has 1 aliphatic heterocycles. The van der Waals surface area contributed by atoms with Crippen LogP contribution in [0.3, 0.4) is 0 Å². The summed E-state index contributed by atoms with van der Waals surface area (Å²) in [5.74, 6) is 0.